The number of carbonyl (C=O) groups is 1. The van der Waals surface area contributed by atoms with Gasteiger partial charge in [0, 0.05) is 23.7 Å². The van der Waals surface area contributed by atoms with Gasteiger partial charge in [-0.15, -0.1) is 0 Å². The zero-order valence-electron chi connectivity index (χ0n) is 16.9. The van der Waals surface area contributed by atoms with Crippen LogP contribution < -0.4 is 5.32 Å². The molecule has 6 nitrogen and oxygen atoms in total. The SMILES string of the molecule is Cc1cc(C)cc(NC(=O)CCS(=O)(=O)c2cc(-c3cc(C)no3)ccc2C)c1. The topological polar surface area (TPSA) is 89.3 Å². The first-order valence-electron chi connectivity index (χ1n) is 9.29. The third-order valence-electron chi connectivity index (χ3n) is 4.54. The van der Waals surface area contributed by atoms with Gasteiger partial charge in [-0.2, -0.15) is 0 Å². The van der Waals surface area contributed by atoms with Crippen molar-refractivity contribution >= 4 is 21.4 Å². The summed E-state index contributed by atoms with van der Waals surface area (Å²) >= 11 is 0. The number of hydrogen-bond donors (Lipinski definition) is 1. The van der Waals surface area contributed by atoms with Gasteiger partial charge in [0.2, 0.25) is 5.91 Å². The van der Waals surface area contributed by atoms with E-state index in [4.69, 9.17) is 4.52 Å². The molecular formula is C22H24N2O4S. The number of hydrogen-bond acceptors (Lipinski definition) is 5. The summed E-state index contributed by atoms with van der Waals surface area (Å²) in [7, 11) is -3.64. The minimum atomic E-state index is -3.64. The van der Waals surface area contributed by atoms with E-state index in [1.165, 1.54) is 0 Å². The number of amides is 1. The summed E-state index contributed by atoms with van der Waals surface area (Å²) in [5.74, 6) is -0.103. The van der Waals surface area contributed by atoms with E-state index in [1.54, 1.807) is 38.1 Å². The Morgan fingerprint density at radius 3 is 2.31 bits per heavy atom. The summed E-state index contributed by atoms with van der Waals surface area (Å²) < 4.78 is 31.0. The van der Waals surface area contributed by atoms with Crippen LogP contribution in [-0.4, -0.2) is 25.2 Å². The summed E-state index contributed by atoms with van der Waals surface area (Å²) in [4.78, 5) is 12.5. The molecule has 0 atom stereocenters. The quantitative estimate of drug-likeness (QED) is 0.649. The van der Waals surface area contributed by atoms with E-state index >= 15 is 0 Å². The van der Waals surface area contributed by atoms with Crippen molar-refractivity contribution in [2.75, 3.05) is 11.1 Å². The highest BCUT2D eigenvalue weighted by atomic mass is 32.2. The molecule has 1 heterocycles. The first kappa shape index (κ1) is 20.8. The fraction of sp³-hybridized carbons (Fsp3) is 0.273. The van der Waals surface area contributed by atoms with Crippen molar-refractivity contribution in [3.05, 3.63) is 64.8 Å². The lowest BCUT2D eigenvalue weighted by Gasteiger charge is -2.10. The molecular weight excluding hydrogens is 388 g/mol. The van der Waals surface area contributed by atoms with Crippen molar-refractivity contribution in [2.24, 2.45) is 0 Å². The fourth-order valence-electron chi connectivity index (χ4n) is 3.20. The maximum atomic E-state index is 12.9. The van der Waals surface area contributed by atoms with Crippen LogP contribution in [0.5, 0.6) is 0 Å². The average molecular weight is 413 g/mol. The zero-order chi connectivity index (χ0) is 21.2. The Morgan fingerprint density at radius 2 is 1.69 bits per heavy atom. The molecule has 0 spiro atoms. The lowest BCUT2D eigenvalue weighted by molar-refractivity contribution is -0.115. The van der Waals surface area contributed by atoms with Crippen LogP contribution in [-0.2, 0) is 14.6 Å². The molecule has 29 heavy (non-hydrogen) atoms. The van der Waals surface area contributed by atoms with Crippen molar-refractivity contribution < 1.29 is 17.7 Å². The Morgan fingerprint density at radius 1 is 1.00 bits per heavy atom. The second-order valence-corrected chi connectivity index (χ2v) is 9.38. The highest BCUT2D eigenvalue weighted by Crippen LogP contribution is 2.26. The Bertz CT molecular complexity index is 1140. The molecule has 0 aliphatic rings. The number of carbonyl (C=O) groups excluding carboxylic acids is 1. The lowest BCUT2D eigenvalue weighted by Crippen LogP contribution is -2.18. The lowest BCUT2D eigenvalue weighted by atomic mass is 10.1. The van der Waals surface area contributed by atoms with Gasteiger partial charge in [0.25, 0.3) is 0 Å². The molecule has 0 bridgehead atoms. The van der Waals surface area contributed by atoms with Gasteiger partial charge in [-0.3, -0.25) is 4.79 Å². The van der Waals surface area contributed by atoms with Gasteiger partial charge in [-0.1, -0.05) is 23.4 Å². The summed E-state index contributed by atoms with van der Waals surface area (Å²) in [6, 6.07) is 12.6. The largest absolute Gasteiger partial charge is 0.356 e. The molecule has 0 saturated carbocycles. The molecule has 0 unspecified atom stereocenters. The molecule has 0 saturated heterocycles. The van der Waals surface area contributed by atoms with Gasteiger partial charge >= 0.3 is 0 Å². The van der Waals surface area contributed by atoms with Crippen LogP contribution >= 0.6 is 0 Å². The number of aromatic nitrogens is 1. The standard InChI is InChI=1S/C22H24N2O4S/c1-14-9-15(2)11-19(10-14)23-22(25)7-8-29(26,27)21-13-18(6-5-16(21)3)20-12-17(4)24-28-20/h5-6,9-13H,7-8H2,1-4H3,(H,23,25). The molecule has 1 N–H and O–H groups in total. The van der Waals surface area contributed by atoms with Gasteiger partial charge in [0.05, 0.1) is 16.3 Å². The van der Waals surface area contributed by atoms with Crippen molar-refractivity contribution in [3.63, 3.8) is 0 Å². The number of rotatable bonds is 6. The first-order chi connectivity index (χ1) is 13.6. The highest BCUT2D eigenvalue weighted by molar-refractivity contribution is 7.91. The normalized spacial score (nSPS) is 11.4. The van der Waals surface area contributed by atoms with E-state index < -0.39 is 9.84 Å². The van der Waals surface area contributed by atoms with Crippen LogP contribution in [0.2, 0.25) is 0 Å². The summed E-state index contributed by atoms with van der Waals surface area (Å²) in [5.41, 5.74) is 4.71. The smallest absolute Gasteiger partial charge is 0.225 e. The number of sulfone groups is 1. The second-order valence-electron chi connectivity index (χ2n) is 7.31. The summed E-state index contributed by atoms with van der Waals surface area (Å²) in [6.07, 6.45) is -0.125. The predicted octanol–water partition coefficient (Wildman–Crippen LogP) is 4.38. The zero-order valence-corrected chi connectivity index (χ0v) is 17.8. The fourth-order valence-corrected chi connectivity index (χ4v) is 4.73. The summed E-state index contributed by atoms with van der Waals surface area (Å²) in [6.45, 7) is 7.42. The van der Waals surface area contributed by atoms with Crippen LogP contribution in [0, 0.1) is 27.7 Å². The Kier molecular flexibility index (Phi) is 5.88. The molecule has 0 fully saturated rings. The number of anilines is 1. The third kappa shape index (κ3) is 5.12. The number of aryl methyl sites for hydroxylation is 4. The highest BCUT2D eigenvalue weighted by Gasteiger charge is 2.20. The molecule has 152 valence electrons. The first-order valence-corrected chi connectivity index (χ1v) is 10.9. The van der Waals surface area contributed by atoms with Crippen molar-refractivity contribution in [1.82, 2.24) is 5.16 Å². The maximum Gasteiger partial charge on any atom is 0.225 e. The number of nitrogens with zero attached hydrogens (tertiary/aromatic N) is 1. The molecule has 1 amide bonds. The molecule has 0 aliphatic heterocycles. The molecule has 3 aromatic rings. The average Bonchev–Trinajstić information content (AvgIpc) is 3.06. The number of nitrogens with one attached hydrogen (secondary N) is 1. The van der Waals surface area contributed by atoms with Crippen LogP contribution in [0.15, 0.2) is 51.9 Å². The Balaban J connectivity index is 1.74. The molecule has 0 aliphatic carbocycles. The second kappa shape index (κ2) is 8.21. The molecule has 3 rings (SSSR count). The Labute approximate surface area is 170 Å². The van der Waals surface area contributed by atoms with Crippen LogP contribution in [0.3, 0.4) is 0 Å². The van der Waals surface area contributed by atoms with Crippen molar-refractivity contribution in [2.45, 2.75) is 39.0 Å². The minimum absolute atomic E-state index is 0.125. The number of benzene rings is 2. The van der Waals surface area contributed by atoms with E-state index in [0.29, 0.717) is 28.3 Å². The molecule has 7 heteroatoms. The van der Waals surface area contributed by atoms with Gasteiger partial charge in [-0.25, -0.2) is 8.42 Å². The van der Waals surface area contributed by atoms with Gasteiger partial charge in [-0.05, 0) is 62.6 Å². The Hall–Kier alpha value is -2.93. The van der Waals surface area contributed by atoms with Crippen LogP contribution in [0.1, 0.15) is 28.8 Å². The van der Waals surface area contributed by atoms with E-state index in [0.717, 1.165) is 11.1 Å². The monoisotopic (exact) mass is 412 g/mol. The van der Waals surface area contributed by atoms with Crippen LogP contribution in [0.25, 0.3) is 11.3 Å². The van der Waals surface area contributed by atoms with E-state index in [9.17, 15) is 13.2 Å². The summed E-state index contributed by atoms with van der Waals surface area (Å²) in [5, 5.41) is 6.62. The molecule has 2 aromatic carbocycles. The van der Waals surface area contributed by atoms with Crippen molar-refractivity contribution in [3.8, 4) is 11.3 Å². The van der Waals surface area contributed by atoms with E-state index in [-0.39, 0.29) is 23.0 Å². The molecule has 0 radical (unpaired) electrons. The maximum absolute atomic E-state index is 12.9. The van der Waals surface area contributed by atoms with E-state index in [1.807, 2.05) is 32.0 Å². The molecule has 1 aromatic heterocycles. The van der Waals surface area contributed by atoms with E-state index in [2.05, 4.69) is 10.5 Å². The third-order valence-corrected chi connectivity index (χ3v) is 6.39. The van der Waals surface area contributed by atoms with Crippen molar-refractivity contribution in [1.29, 1.82) is 0 Å². The van der Waals surface area contributed by atoms with Gasteiger partial charge in [0.15, 0.2) is 15.6 Å². The van der Waals surface area contributed by atoms with Gasteiger partial charge in [0.1, 0.15) is 0 Å². The predicted molar refractivity (Wildman–Crippen MR) is 113 cm³/mol. The van der Waals surface area contributed by atoms with Gasteiger partial charge < -0.3 is 9.84 Å². The van der Waals surface area contributed by atoms with Crippen LogP contribution in [0.4, 0.5) is 5.69 Å². The minimum Gasteiger partial charge on any atom is -0.356 e.